The van der Waals surface area contributed by atoms with Crippen molar-refractivity contribution in [3.8, 4) is 0 Å². The second-order valence-electron chi connectivity index (χ2n) is 8.04. The predicted molar refractivity (Wildman–Crippen MR) is 104 cm³/mol. The molecule has 1 N–H and O–H groups in total. The van der Waals surface area contributed by atoms with Gasteiger partial charge in [-0.3, -0.25) is 4.79 Å². The number of aromatic amines is 1. The monoisotopic (exact) mass is 405 g/mol. The first-order chi connectivity index (χ1) is 13.0. The summed E-state index contributed by atoms with van der Waals surface area (Å²) in [6.07, 6.45) is 4.58. The summed E-state index contributed by atoms with van der Waals surface area (Å²) >= 11 is 11.6. The van der Waals surface area contributed by atoms with E-state index in [0.717, 1.165) is 43.7 Å². The fourth-order valence-corrected chi connectivity index (χ4v) is 5.47. The van der Waals surface area contributed by atoms with E-state index in [9.17, 15) is 9.18 Å². The van der Waals surface area contributed by atoms with Crippen molar-refractivity contribution in [2.24, 2.45) is 0 Å². The van der Waals surface area contributed by atoms with Crippen molar-refractivity contribution in [1.82, 2.24) is 14.5 Å². The fraction of sp³-hybridized carbons (Fsp3) is 0.500. The second kappa shape index (κ2) is 6.17. The van der Waals surface area contributed by atoms with Gasteiger partial charge in [0.2, 0.25) is 5.91 Å². The highest BCUT2D eigenvalue weighted by molar-refractivity contribution is 7.71. The van der Waals surface area contributed by atoms with Gasteiger partial charge in [0, 0.05) is 47.4 Å². The van der Waals surface area contributed by atoms with E-state index < -0.39 is 0 Å². The summed E-state index contributed by atoms with van der Waals surface area (Å²) in [6, 6.07) is 4.77. The molecule has 0 bridgehead atoms. The Hall–Kier alpha value is -1.66. The molecule has 1 saturated heterocycles. The third-order valence-electron chi connectivity index (χ3n) is 6.45. The molecule has 4 nitrogen and oxygen atoms in total. The number of hydrogen-bond donors (Lipinski definition) is 1. The number of nitrogens with one attached hydrogen (secondary N) is 1. The molecule has 1 aromatic carbocycles. The van der Waals surface area contributed by atoms with Gasteiger partial charge in [0.05, 0.1) is 6.42 Å². The normalized spacial score (nSPS) is 26.0. The van der Waals surface area contributed by atoms with Crippen LogP contribution in [-0.2, 0) is 23.2 Å². The highest BCUT2D eigenvalue weighted by Crippen LogP contribution is 2.66. The average Bonchev–Trinajstić information content (AvgIpc) is 3.16. The molecule has 1 aliphatic carbocycles. The molecule has 1 saturated carbocycles. The summed E-state index contributed by atoms with van der Waals surface area (Å²) in [5, 5.41) is 0.550. The number of halogens is 2. The molecule has 1 aromatic heterocycles. The molecule has 2 atom stereocenters. The minimum absolute atomic E-state index is 0.154. The number of H-pyrrole nitrogens is 1. The maximum atomic E-state index is 14.5. The van der Waals surface area contributed by atoms with Crippen molar-refractivity contribution in [3.63, 3.8) is 0 Å². The zero-order valence-corrected chi connectivity index (χ0v) is 16.5. The van der Waals surface area contributed by atoms with Crippen LogP contribution in [-0.4, -0.2) is 33.4 Å². The van der Waals surface area contributed by atoms with Crippen LogP contribution in [0.4, 0.5) is 4.39 Å². The molecule has 7 heteroatoms. The van der Waals surface area contributed by atoms with Crippen LogP contribution in [0.5, 0.6) is 0 Å². The number of hydrogen-bond acceptors (Lipinski definition) is 2. The number of imidazole rings is 1. The average molecular weight is 406 g/mol. The highest BCUT2D eigenvalue weighted by atomic mass is 35.5. The molecule has 1 amide bonds. The van der Waals surface area contributed by atoms with Crippen molar-refractivity contribution < 1.29 is 9.18 Å². The summed E-state index contributed by atoms with van der Waals surface area (Å²) in [5.41, 5.74) is 2.40. The Morgan fingerprint density at radius 3 is 2.89 bits per heavy atom. The van der Waals surface area contributed by atoms with E-state index in [-0.39, 0.29) is 23.1 Å². The zero-order chi connectivity index (χ0) is 18.8. The number of aromatic nitrogens is 2. The lowest BCUT2D eigenvalue weighted by molar-refractivity contribution is -0.131. The zero-order valence-electron chi connectivity index (χ0n) is 14.9. The predicted octanol–water partition coefficient (Wildman–Crippen LogP) is 4.33. The van der Waals surface area contributed by atoms with Crippen LogP contribution in [0.2, 0.25) is 5.02 Å². The van der Waals surface area contributed by atoms with Crippen molar-refractivity contribution in [3.05, 3.63) is 50.8 Å². The van der Waals surface area contributed by atoms with Crippen molar-refractivity contribution in [1.29, 1.82) is 0 Å². The van der Waals surface area contributed by atoms with E-state index >= 15 is 0 Å². The molecular formula is C20H21ClFN3OS. The third-order valence-corrected chi connectivity index (χ3v) is 7.01. The molecule has 2 fully saturated rings. The Kier molecular flexibility index (Phi) is 3.99. The van der Waals surface area contributed by atoms with E-state index in [4.69, 9.17) is 23.8 Å². The van der Waals surface area contributed by atoms with Gasteiger partial charge in [-0.2, -0.15) is 0 Å². The Bertz CT molecular complexity index is 994. The van der Waals surface area contributed by atoms with Gasteiger partial charge in [0.1, 0.15) is 5.82 Å². The van der Waals surface area contributed by atoms with E-state index in [1.807, 2.05) is 4.90 Å². The van der Waals surface area contributed by atoms with Crippen molar-refractivity contribution in [2.75, 3.05) is 13.1 Å². The molecule has 3 aliphatic rings. The van der Waals surface area contributed by atoms with Crippen LogP contribution in [0, 0.1) is 10.6 Å². The lowest BCUT2D eigenvalue weighted by Gasteiger charge is -2.26. The number of likely N-dealkylation sites (tertiary alicyclic amines) is 1. The Labute approximate surface area is 167 Å². The number of carbonyl (C=O) groups excluding carboxylic acids is 1. The fourth-order valence-electron chi connectivity index (χ4n) is 5.01. The number of carbonyl (C=O) groups is 1. The van der Waals surface area contributed by atoms with Gasteiger partial charge < -0.3 is 14.5 Å². The van der Waals surface area contributed by atoms with Crippen molar-refractivity contribution >= 4 is 29.7 Å². The minimum atomic E-state index is -0.268. The largest absolute Gasteiger partial charge is 0.342 e. The van der Waals surface area contributed by atoms with Gasteiger partial charge in [0.25, 0.3) is 0 Å². The number of nitrogens with zero attached hydrogens (tertiary/aromatic N) is 2. The van der Waals surface area contributed by atoms with Crippen molar-refractivity contribution in [2.45, 2.75) is 50.0 Å². The molecular weight excluding hydrogens is 385 g/mol. The molecule has 27 heavy (non-hydrogen) atoms. The molecule has 1 unspecified atom stereocenters. The third kappa shape index (κ3) is 2.68. The Morgan fingerprint density at radius 1 is 1.33 bits per heavy atom. The first-order valence-electron chi connectivity index (χ1n) is 9.54. The Balaban J connectivity index is 1.45. The van der Waals surface area contributed by atoms with Gasteiger partial charge in [-0.1, -0.05) is 11.6 Å². The van der Waals surface area contributed by atoms with E-state index in [1.165, 1.54) is 12.5 Å². The van der Waals surface area contributed by atoms with Crippen LogP contribution in [0.15, 0.2) is 18.2 Å². The summed E-state index contributed by atoms with van der Waals surface area (Å²) in [4.78, 5) is 17.9. The highest BCUT2D eigenvalue weighted by Gasteiger charge is 2.63. The minimum Gasteiger partial charge on any atom is -0.342 e. The smallest absolute Gasteiger partial charge is 0.228 e. The topological polar surface area (TPSA) is 41.0 Å². The lowest BCUT2D eigenvalue weighted by Crippen LogP contribution is -2.36. The van der Waals surface area contributed by atoms with Crippen LogP contribution in [0.25, 0.3) is 0 Å². The first kappa shape index (κ1) is 17.4. The van der Waals surface area contributed by atoms with Gasteiger partial charge in [-0.05, 0) is 61.7 Å². The SMILES string of the molecule is O=C(Cc1[nH]c(=S)n2c1C1C[C@]1(c1cc(Cl)ccc1F)C2)N1CCCCC1. The number of benzene rings is 1. The summed E-state index contributed by atoms with van der Waals surface area (Å²) in [6.45, 7) is 2.34. The lowest BCUT2D eigenvalue weighted by atomic mass is 9.93. The summed E-state index contributed by atoms with van der Waals surface area (Å²) < 4.78 is 17.2. The molecule has 5 rings (SSSR count). The van der Waals surface area contributed by atoms with E-state index in [0.29, 0.717) is 28.3 Å². The molecule has 0 spiro atoms. The van der Waals surface area contributed by atoms with Crippen LogP contribution < -0.4 is 0 Å². The molecule has 3 heterocycles. The molecule has 142 valence electrons. The van der Waals surface area contributed by atoms with Gasteiger partial charge in [-0.15, -0.1) is 0 Å². The molecule has 2 aliphatic heterocycles. The number of amides is 1. The number of rotatable bonds is 3. The summed E-state index contributed by atoms with van der Waals surface area (Å²) in [5.74, 6) is 0.137. The maximum absolute atomic E-state index is 14.5. The summed E-state index contributed by atoms with van der Waals surface area (Å²) in [7, 11) is 0. The number of fused-ring (bicyclic) bond motifs is 3. The molecule has 2 aromatic rings. The van der Waals surface area contributed by atoms with Gasteiger partial charge in [0.15, 0.2) is 4.77 Å². The van der Waals surface area contributed by atoms with E-state index in [1.54, 1.807) is 12.1 Å². The van der Waals surface area contributed by atoms with E-state index in [2.05, 4.69) is 9.55 Å². The van der Waals surface area contributed by atoms with Gasteiger partial charge in [-0.25, -0.2) is 4.39 Å². The maximum Gasteiger partial charge on any atom is 0.228 e. The Morgan fingerprint density at radius 2 is 2.11 bits per heavy atom. The molecule has 0 radical (unpaired) electrons. The quantitative estimate of drug-likeness (QED) is 0.772. The van der Waals surface area contributed by atoms with Crippen LogP contribution >= 0.6 is 23.8 Å². The first-order valence-corrected chi connectivity index (χ1v) is 10.3. The standard InChI is InChI=1S/C20H21ClFN3OS/c21-12-4-5-15(22)13(8-12)20-10-14(20)18-16(23-19(27)25(18)11-20)9-17(26)24-6-2-1-3-7-24/h4-5,8,14H,1-3,6-7,9-11H2,(H,23,27)/t14?,20-/m1/s1. The van der Waals surface area contributed by atoms with Gasteiger partial charge >= 0.3 is 0 Å². The second-order valence-corrected chi connectivity index (χ2v) is 8.86. The number of piperidine rings is 1. The van der Waals surface area contributed by atoms with Crippen LogP contribution in [0.3, 0.4) is 0 Å². The van der Waals surface area contributed by atoms with Crippen LogP contribution in [0.1, 0.15) is 48.6 Å².